The molecule has 6 nitrogen and oxygen atoms in total. The molecule has 0 saturated heterocycles. The van der Waals surface area contributed by atoms with E-state index in [0.29, 0.717) is 30.7 Å². The second-order valence-electron chi connectivity index (χ2n) is 6.30. The number of para-hydroxylation sites is 1. The predicted octanol–water partition coefficient (Wildman–Crippen LogP) is 3.94. The van der Waals surface area contributed by atoms with E-state index in [1.54, 1.807) is 7.11 Å². The third kappa shape index (κ3) is 4.14. The Balaban J connectivity index is 0.000000236. The van der Waals surface area contributed by atoms with Crippen LogP contribution in [0.25, 0.3) is 10.2 Å². The first-order valence-corrected chi connectivity index (χ1v) is 10.0. The molecule has 1 N–H and O–H groups in total. The maximum absolute atomic E-state index is 12.3. The normalized spacial score (nSPS) is 13.1. The van der Waals surface area contributed by atoms with Crippen molar-refractivity contribution in [1.29, 1.82) is 0 Å². The van der Waals surface area contributed by atoms with Crippen molar-refractivity contribution in [3.63, 3.8) is 0 Å². The van der Waals surface area contributed by atoms with Gasteiger partial charge in [0, 0.05) is 18.2 Å². The molecule has 1 aromatic carbocycles. The summed E-state index contributed by atoms with van der Waals surface area (Å²) in [7, 11) is 1.66. The van der Waals surface area contributed by atoms with E-state index in [-0.39, 0.29) is 11.5 Å². The Morgan fingerprint density at radius 2 is 2.04 bits per heavy atom. The molecule has 4 rings (SSSR count). The largest absolute Gasteiger partial charge is 0.497 e. The van der Waals surface area contributed by atoms with Crippen molar-refractivity contribution in [1.82, 2.24) is 9.99 Å². The zero-order valence-electron chi connectivity index (χ0n) is 16.2. The number of carbonyl (C=O) groups is 1. The van der Waals surface area contributed by atoms with Crippen LogP contribution >= 0.6 is 11.3 Å². The summed E-state index contributed by atoms with van der Waals surface area (Å²) in [6.45, 7) is 4.31. The van der Waals surface area contributed by atoms with Gasteiger partial charge in [-0.25, -0.2) is 5.01 Å². The first-order chi connectivity index (χ1) is 13.5. The lowest BCUT2D eigenvalue weighted by Crippen LogP contribution is -2.22. The molecule has 0 radical (unpaired) electrons. The van der Waals surface area contributed by atoms with Gasteiger partial charge in [0.05, 0.1) is 24.9 Å². The number of aryl methyl sites for hydroxylation is 1. The van der Waals surface area contributed by atoms with Crippen molar-refractivity contribution in [2.24, 2.45) is 5.10 Å². The van der Waals surface area contributed by atoms with Crippen molar-refractivity contribution in [2.45, 2.75) is 26.7 Å². The third-order valence-corrected chi connectivity index (χ3v) is 5.39. The maximum atomic E-state index is 12.3. The summed E-state index contributed by atoms with van der Waals surface area (Å²) >= 11 is 1.52. The Hall–Kier alpha value is -2.93. The van der Waals surface area contributed by atoms with Gasteiger partial charge >= 0.3 is 0 Å². The molecular formula is C21H23N3O3S. The second kappa shape index (κ2) is 8.84. The molecule has 1 aliphatic heterocycles. The van der Waals surface area contributed by atoms with E-state index in [1.165, 1.54) is 16.3 Å². The number of benzene rings is 1. The number of hydrogen-bond donors (Lipinski definition) is 1. The number of aromatic nitrogens is 1. The Kier molecular flexibility index (Phi) is 6.26. The highest BCUT2D eigenvalue weighted by Gasteiger charge is 2.24. The van der Waals surface area contributed by atoms with E-state index in [1.807, 2.05) is 55.6 Å². The quantitative estimate of drug-likeness (QED) is 0.727. The molecule has 3 heterocycles. The van der Waals surface area contributed by atoms with E-state index in [9.17, 15) is 9.59 Å². The molecule has 0 aliphatic carbocycles. The fourth-order valence-electron chi connectivity index (χ4n) is 3.07. The molecule has 28 heavy (non-hydrogen) atoms. The number of thiophene rings is 1. The number of fused-ring (bicyclic) bond motifs is 1. The maximum Gasteiger partial charge on any atom is 0.258 e. The van der Waals surface area contributed by atoms with Crippen LogP contribution in [0.4, 0.5) is 0 Å². The van der Waals surface area contributed by atoms with Gasteiger partial charge in [0.15, 0.2) is 0 Å². The first-order valence-electron chi connectivity index (χ1n) is 9.12. The molecule has 1 amide bonds. The summed E-state index contributed by atoms with van der Waals surface area (Å²) in [4.78, 5) is 27.7. The molecule has 7 heteroatoms. The van der Waals surface area contributed by atoms with Crippen molar-refractivity contribution in [2.75, 3.05) is 13.7 Å². The van der Waals surface area contributed by atoms with E-state index in [4.69, 9.17) is 4.74 Å². The number of hydrazone groups is 1. The van der Waals surface area contributed by atoms with Crippen LogP contribution in [-0.2, 0) is 4.79 Å². The number of ether oxygens (including phenoxy) is 1. The number of amides is 1. The molecule has 0 bridgehead atoms. The van der Waals surface area contributed by atoms with E-state index >= 15 is 0 Å². The van der Waals surface area contributed by atoms with Crippen LogP contribution in [0.2, 0.25) is 0 Å². The molecule has 0 spiro atoms. The van der Waals surface area contributed by atoms with Crippen LogP contribution in [0.1, 0.15) is 30.9 Å². The lowest BCUT2D eigenvalue weighted by Gasteiger charge is -2.08. The number of methoxy groups -OCH3 is 1. The topological polar surface area (TPSA) is 74.8 Å². The van der Waals surface area contributed by atoms with Crippen LogP contribution in [-0.4, -0.2) is 35.3 Å². The summed E-state index contributed by atoms with van der Waals surface area (Å²) in [5.41, 5.74) is 2.14. The Morgan fingerprint density at radius 1 is 1.29 bits per heavy atom. The third-order valence-electron chi connectivity index (χ3n) is 4.56. The van der Waals surface area contributed by atoms with Crippen LogP contribution < -0.4 is 10.3 Å². The van der Waals surface area contributed by atoms with Crippen LogP contribution in [0.5, 0.6) is 5.75 Å². The van der Waals surface area contributed by atoms with Crippen molar-refractivity contribution >= 4 is 33.2 Å². The van der Waals surface area contributed by atoms with Gasteiger partial charge < -0.3 is 9.72 Å². The van der Waals surface area contributed by atoms with Gasteiger partial charge in [0.25, 0.3) is 5.56 Å². The number of nitrogens with zero attached hydrogens (tertiary/aromatic N) is 2. The molecule has 1 aliphatic rings. The standard InChI is InChI=1S/C14H15N3O2S.C7H8O/c1-3-11(18)17-6-4-10(16-17)12-8(2)9-5-7-20-14(9)15-13(12)19;1-8-7-5-3-2-4-6-7/h5,7H,3-4,6H2,1-2H3,(H,15,19);2-6H,1H3. The van der Waals surface area contributed by atoms with E-state index < -0.39 is 0 Å². The lowest BCUT2D eigenvalue weighted by atomic mass is 10.0. The van der Waals surface area contributed by atoms with E-state index in [0.717, 1.165) is 21.5 Å². The zero-order chi connectivity index (χ0) is 20.1. The molecular weight excluding hydrogens is 374 g/mol. The van der Waals surface area contributed by atoms with Crippen molar-refractivity contribution in [3.8, 4) is 5.75 Å². The minimum Gasteiger partial charge on any atom is -0.497 e. The monoisotopic (exact) mass is 397 g/mol. The fraction of sp³-hybridized carbons (Fsp3) is 0.286. The summed E-state index contributed by atoms with van der Waals surface area (Å²) in [5.74, 6) is 0.901. The summed E-state index contributed by atoms with van der Waals surface area (Å²) < 4.78 is 4.91. The summed E-state index contributed by atoms with van der Waals surface area (Å²) in [6, 6.07) is 11.7. The minimum absolute atomic E-state index is 0.00862. The van der Waals surface area contributed by atoms with Gasteiger partial charge in [-0.15, -0.1) is 11.3 Å². The Bertz CT molecular complexity index is 1050. The minimum atomic E-state index is -0.123. The number of aromatic amines is 1. The Morgan fingerprint density at radius 3 is 2.68 bits per heavy atom. The van der Waals surface area contributed by atoms with Crippen molar-refractivity contribution < 1.29 is 9.53 Å². The predicted molar refractivity (Wildman–Crippen MR) is 113 cm³/mol. The van der Waals surface area contributed by atoms with Gasteiger partial charge in [-0.1, -0.05) is 25.1 Å². The molecule has 0 atom stereocenters. The highest BCUT2D eigenvalue weighted by Crippen LogP contribution is 2.24. The average molecular weight is 398 g/mol. The molecule has 2 aromatic heterocycles. The smallest absolute Gasteiger partial charge is 0.258 e. The first kappa shape index (κ1) is 19.8. The van der Waals surface area contributed by atoms with Crippen molar-refractivity contribution in [3.05, 3.63) is 63.3 Å². The molecule has 0 unspecified atom stereocenters. The lowest BCUT2D eigenvalue weighted by molar-refractivity contribution is -0.130. The van der Waals surface area contributed by atoms with Gasteiger partial charge in [-0.05, 0) is 36.1 Å². The highest BCUT2D eigenvalue weighted by atomic mass is 32.1. The molecule has 3 aromatic rings. The van der Waals surface area contributed by atoms with E-state index in [2.05, 4.69) is 10.1 Å². The zero-order valence-corrected chi connectivity index (χ0v) is 17.0. The number of nitrogens with one attached hydrogen (secondary N) is 1. The summed E-state index contributed by atoms with van der Waals surface area (Å²) in [5, 5.41) is 8.80. The van der Waals surface area contributed by atoms with Crippen LogP contribution in [0.15, 0.2) is 51.7 Å². The second-order valence-corrected chi connectivity index (χ2v) is 7.22. The fourth-order valence-corrected chi connectivity index (χ4v) is 3.91. The van der Waals surface area contributed by atoms with Gasteiger partial charge in [0.2, 0.25) is 5.91 Å². The molecule has 0 fully saturated rings. The summed E-state index contributed by atoms with van der Waals surface area (Å²) in [6.07, 6.45) is 1.06. The number of carbonyl (C=O) groups excluding carboxylic acids is 1. The Labute approximate surface area is 167 Å². The number of H-pyrrole nitrogens is 1. The molecule has 146 valence electrons. The van der Waals surface area contributed by atoms with Crippen LogP contribution in [0.3, 0.4) is 0 Å². The molecule has 0 saturated carbocycles. The number of rotatable bonds is 3. The SMILES string of the molecule is CCC(=O)N1CCC(c2c(C)c3ccsc3[nH]c2=O)=N1.COc1ccccc1. The highest BCUT2D eigenvalue weighted by molar-refractivity contribution is 7.16. The van der Waals surface area contributed by atoms with Gasteiger partial charge in [-0.2, -0.15) is 5.10 Å². The average Bonchev–Trinajstić information content (AvgIpc) is 3.38. The number of pyridine rings is 1. The van der Waals surface area contributed by atoms with Gasteiger partial charge in [0.1, 0.15) is 10.6 Å². The van der Waals surface area contributed by atoms with Crippen LogP contribution in [0, 0.1) is 6.92 Å². The number of hydrogen-bond acceptors (Lipinski definition) is 5. The van der Waals surface area contributed by atoms with Gasteiger partial charge in [-0.3, -0.25) is 9.59 Å².